The van der Waals surface area contributed by atoms with E-state index in [1.807, 2.05) is 20.8 Å². The van der Waals surface area contributed by atoms with Gasteiger partial charge in [-0.15, -0.1) is 0 Å². The van der Waals surface area contributed by atoms with Crippen LogP contribution in [0.3, 0.4) is 0 Å². The molecule has 1 amide bonds. The summed E-state index contributed by atoms with van der Waals surface area (Å²) in [7, 11) is 0. The van der Waals surface area contributed by atoms with Gasteiger partial charge in [0.25, 0.3) is 0 Å². The summed E-state index contributed by atoms with van der Waals surface area (Å²) in [5, 5.41) is 3.06. The van der Waals surface area contributed by atoms with Crippen molar-refractivity contribution in [3.8, 4) is 0 Å². The molecule has 2 rings (SSSR count). The molecule has 4 heteroatoms. The predicted molar refractivity (Wildman–Crippen MR) is 71.6 cm³/mol. The van der Waals surface area contributed by atoms with Crippen molar-refractivity contribution in [1.29, 1.82) is 0 Å². The number of hydrogen-bond acceptors (Lipinski definition) is 3. The molecular weight excluding hydrogens is 228 g/mol. The van der Waals surface area contributed by atoms with Gasteiger partial charge < -0.3 is 10.1 Å². The van der Waals surface area contributed by atoms with Crippen LogP contribution in [0.15, 0.2) is 0 Å². The van der Waals surface area contributed by atoms with Crippen LogP contribution in [0.2, 0.25) is 0 Å². The van der Waals surface area contributed by atoms with E-state index < -0.39 is 5.60 Å². The molecule has 1 saturated carbocycles. The van der Waals surface area contributed by atoms with Crippen molar-refractivity contribution < 1.29 is 9.53 Å². The molecule has 2 fully saturated rings. The van der Waals surface area contributed by atoms with E-state index in [9.17, 15) is 4.79 Å². The number of ether oxygens (including phenoxy) is 1. The van der Waals surface area contributed by atoms with Crippen LogP contribution in [0.5, 0.6) is 0 Å². The lowest BCUT2D eigenvalue weighted by molar-refractivity contribution is 0.0479. The molecule has 0 aromatic rings. The summed E-state index contributed by atoms with van der Waals surface area (Å²) < 4.78 is 5.34. The summed E-state index contributed by atoms with van der Waals surface area (Å²) in [5.41, 5.74) is -0.411. The number of carbonyl (C=O) groups excluding carboxylic acids is 1. The van der Waals surface area contributed by atoms with Crippen molar-refractivity contribution in [2.75, 3.05) is 13.1 Å². The molecule has 1 N–H and O–H groups in total. The molecule has 0 aromatic carbocycles. The van der Waals surface area contributed by atoms with Crippen LogP contribution in [0.1, 0.15) is 52.9 Å². The summed E-state index contributed by atoms with van der Waals surface area (Å²) in [5.74, 6) is 0. The summed E-state index contributed by atoms with van der Waals surface area (Å²) in [4.78, 5) is 14.4. The Labute approximate surface area is 110 Å². The van der Waals surface area contributed by atoms with E-state index in [4.69, 9.17) is 4.74 Å². The molecule has 2 unspecified atom stereocenters. The van der Waals surface area contributed by atoms with Crippen molar-refractivity contribution in [3.63, 3.8) is 0 Å². The molecule has 0 bridgehead atoms. The molecule has 1 aliphatic carbocycles. The van der Waals surface area contributed by atoms with Crippen molar-refractivity contribution in [1.82, 2.24) is 10.2 Å². The third-order valence-electron chi connectivity index (χ3n) is 3.79. The first-order chi connectivity index (χ1) is 8.46. The Hall–Kier alpha value is -0.770. The highest BCUT2D eigenvalue weighted by Crippen LogP contribution is 2.27. The first kappa shape index (κ1) is 13.7. The molecule has 2 atom stereocenters. The van der Waals surface area contributed by atoms with Crippen LogP contribution in [0, 0.1) is 0 Å². The summed E-state index contributed by atoms with van der Waals surface area (Å²) in [6.45, 7) is 8.09. The van der Waals surface area contributed by atoms with E-state index in [1.165, 1.54) is 38.8 Å². The Morgan fingerprint density at radius 3 is 2.44 bits per heavy atom. The monoisotopic (exact) mass is 254 g/mol. The second-order valence-electron chi connectivity index (χ2n) is 6.49. The number of nitrogens with zero attached hydrogens (tertiary/aromatic N) is 1. The normalized spacial score (nSPS) is 29.5. The third-order valence-corrected chi connectivity index (χ3v) is 3.79. The lowest BCUT2D eigenvalue weighted by Gasteiger charge is -2.30. The molecule has 104 valence electrons. The Morgan fingerprint density at radius 1 is 1.17 bits per heavy atom. The Bertz CT molecular complexity index is 293. The molecule has 4 nitrogen and oxygen atoms in total. The van der Waals surface area contributed by atoms with E-state index in [0.29, 0.717) is 6.04 Å². The Kier molecular flexibility index (Phi) is 4.15. The smallest absolute Gasteiger partial charge is 0.407 e. The van der Waals surface area contributed by atoms with Gasteiger partial charge in [0, 0.05) is 12.1 Å². The van der Waals surface area contributed by atoms with Crippen LogP contribution >= 0.6 is 0 Å². The van der Waals surface area contributed by atoms with Crippen LogP contribution in [0.4, 0.5) is 4.79 Å². The first-order valence-electron chi connectivity index (χ1n) is 7.19. The van der Waals surface area contributed by atoms with Crippen molar-refractivity contribution >= 4 is 6.09 Å². The van der Waals surface area contributed by atoms with Crippen molar-refractivity contribution in [2.45, 2.75) is 70.6 Å². The minimum atomic E-state index is -0.411. The molecule has 1 heterocycles. The number of nitrogens with one attached hydrogen (secondary N) is 1. The fourth-order valence-electron chi connectivity index (χ4n) is 3.08. The molecule has 0 aromatic heterocycles. The number of amides is 1. The SMILES string of the molecule is CC(C)(C)OC(=O)NC1CCCC1N1CCCC1. The fourth-order valence-corrected chi connectivity index (χ4v) is 3.08. The molecule has 1 saturated heterocycles. The van der Waals surface area contributed by atoms with Crippen LogP contribution in [-0.2, 0) is 4.74 Å². The maximum atomic E-state index is 11.8. The Morgan fingerprint density at radius 2 is 1.83 bits per heavy atom. The van der Waals surface area contributed by atoms with E-state index in [0.717, 1.165) is 6.42 Å². The molecular formula is C14H26N2O2. The first-order valence-corrected chi connectivity index (χ1v) is 7.19. The zero-order chi connectivity index (χ0) is 13.2. The summed E-state index contributed by atoms with van der Waals surface area (Å²) in [6, 6.07) is 0.804. The second kappa shape index (κ2) is 5.47. The molecule has 2 aliphatic rings. The largest absolute Gasteiger partial charge is 0.444 e. The quantitative estimate of drug-likeness (QED) is 0.823. The minimum Gasteiger partial charge on any atom is -0.444 e. The van der Waals surface area contributed by atoms with Gasteiger partial charge in [-0.2, -0.15) is 0 Å². The van der Waals surface area contributed by atoms with Gasteiger partial charge in [0.05, 0.1) is 0 Å². The van der Waals surface area contributed by atoms with Gasteiger partial charge in [-0.3, -0.25) is 4.90 Å². The molecule has 1 aliphatic heterocycles. The average molecular weight is 254 g/mol. The molecule has 0 radical (unpaired) electrons. The van der Waals surface area contributed by atoms with Gasteiger partial charge in [0.15, 0.2) is 0 Å². The maximum Gasteiger partial charge on any atom is 0.407 e. The highest BCUT2D eigenvalue weighted by Gasteiger charge is 2.34. The van der Waals surface area contributed by atoms with Gasteiger partial charge in [0.1, 0.15) is 5.60 Å². The third kappa shape index (κ3) is 3.61. The van der Waals surface area contributed by atoms with E-state index >= 15 is 0 Å². The number of likely N-dealkylation sites (tertiary alicyclic amines) is 1. The number of hydrogen-bond donors (Lipinski definition) is 1. The van der Waals surface area contributed by atoms with Crippen LogP contribution < -0.4 is 5.32 Å². The number of rotatable bonds is 2. The highest BCUT2D eigenvalue weighted by molar-refractivity contribution is 5.68. The summed E-state index contributed by atoms with van der Waals surface area (Å²) >= 11 is 0. The zero-order valence-corrected chi connectivity index (χ0v) is 11.9. The second-order valence-corrected chi connectivity index (χ2v) is 6.49. The topological polar surface area (TPSA) is 41.6 Å². The zero-order valence-electron chi connectivity index (χ0n) is 11.9. The summed E-state index contributed by atoms with van der Waals surface area (Å²) in [6.07, 6.45) is 5.84. The lowest BCUT2D eigenvalue weighted by atomic mass is 10.1. The molecule has 18 heavy (non-hydrogen) atoms. The predicted octanol–water partition coefficient (Wildman–Crippen LogP) is 2.53. The van der Waals surface area contributed by atoms with E-state index in [-0.39, 0.29) is 12.1 Å². The molecule has 0 spiro atoms. The maximum absolute atomic E-state index is 11.8. The highest BCUT2D eigenvalue weighted by atomic mass is 16.6. The van der Waals surface area contributed by atoms with Crippen molar-refractivity contribution in [3.05, 3.63) is 0 Å². The average Bonchev–Trinajstić information content (AvgIpc) is 2.82. The van der Waals surface area contributed by atoms with E-state index in [2.05, 4.69) is 10.2 Å². The minimum absolute atomic E-state index is 0.265. The van der Waals surface area contributed by atoms with Gasteiger partial charge in [-0.1, -0.05) is 0 Å². The lowest BCUT2D eigenvalue weighted by Crippen LogP contribution is -2.48. The van der Waals surface area contributed by atoms with Gasteiger partial charge in [-0.05, 0) is 66.0 Å². The van der Waals surface area contributed by atoms with Crippen LogP contribution in [-0.4, -0.2) is 41.8 Å². The fraction of sp³-hybridized carbons (Fsp3) is 0.929. The van der Waals surface area contributed by atoms with Gasteiger partial charge >= 0.3 is 6.09 Å². The number of alkyl carbamates (subject to hydrolysis) is 1. The number of carbonyl (C=O) groups is 1. The van der Waals surface area contributed by atoms with Gasteiger partial charge in [-0.25, -0.2) is 4.79 Å². The Balaban J connectivity index is 1.85. The standard InChI is InChI=1S/C14H26N2O2/c1-14(2,3)18-13(17)15-11-7-6-8-12(11)16-9-4-5-10-16/h11-12H,4-10H2,1-3H3,(H,15,17). The van der Waals surface area contributed by atoms with Crippen LogP contribution in [0.25, 0.3) is 0 Å². The van der Waals surface area contributed by atoms with Gasteiger partial charge in [0.2, 0.25) is 0 Å². The van der Waals surface area contributed by atoms with Crippen molar-refractivity contribution in [2.24, 2.45) is 0 Å². The van der Waals surface area contributed by atoms with E-state index in [1.54, 1.807) is 0 Å².